The molecule has 3 amide bonds. The number of nitrogens with zero attached hydrogens (tertiary/aromatic N) is 1. The van der Waals surface area contributed by atoms with E-state index in [0.29, 0.717) is 24.9 Å². The molecule has 0 fully saturated rings. The van der Waals surface area contributed by atoms with Crippen molar-refractivity contribution < 1.29 is 18.9 Å². The third kappa shape index (κ3) is 9.08. The molecule has 0 unspecified atom stereocenters. The molecule has 166 valence electrons. The Balaban J connectivity index is 2.43. The minimum Gasteiger partial charge on any atom is -0.368 e. The highest BCUT2D eigenvalue weighted by atomic mass is 19.2. The number of nitrogens with one attached hydrogen (secondary N) is 4. The Labute approximate surface area is 175 Å². The van der Waals surface area contributed by atoms with Gasteiger partial charge in [0.25, 0.3) is 5.91 Å². The summed E-state index contributed by atoms with van der Waals surface area (Å²) in [5.41, 5.74) is 15.0. The van der Waals surface area contributed by atoms with Crippen LogP contribution in [-0.4, -0.2) is 36.3 Å². The van der Waals surface area contributed by atoms with Gasteiger partial charge in [-0.15, -0.1) is 10.0 Å². The first kappa shape index (κ1) is 25.2. The zero-order valence-corrected chi connectivity index (χ0v) is 17.4. The van der Waals surface area contributed by atoms with Crippen molar-refractivity contribution in [3.8, 4) is 0 Å². The average molecular weight is 423 g/mol. The maximum absolute atomic E-state index is 12.9. The number of benzene rings is 1. The highest BCUT2D eigenvalue weighted by Gasteiger charge is 2.24. The summed E-state index contributed by atoms with van der Waals surface area (Å²) in [6.45, 7) is 4.32. The van der Waals surface area contributed by atoms with Crippen molar-refractivity contribution in [2.75, 3.05) is 6.54 Å². The molecule has 2 atom stereocenters. The second kappa shape index (κ2) is 13.4. The van der Waals surface area contributed by atoms with Crippen LogP contribution in [0.25, 0.3) is 0 Å². The predicted molar refractivity (Wildman–Crippen MR) is 110 cm³/mol. The van der Waals surface area contributed by atoms with Crippen LogP contribution in [0.4, 0.5) is 4.48 Å². The summed E-state index contributed by atoms with van der Waals surface area (Å²) in [4.78, 5) is 35.9. The summed E-state index contributed by atoms with van der Waals surface area (Å²) in [7, 11) is 0. The molecule has 0 aliphatic rings. The molecule has 0 saturated carbocycles. The zero-order valence-electron chi connectivity index (χ0n) is 17.4. The molecule has 0 heterocycles. The second-order valence-electron chi connectivity index (χ2n) is 7.52. The number of carbonyl (C=O) groups is 3. The van der Waals surface area contributed by atoms with Crippen molar-refractivity contribution in [3.05, 3.63) is 35.4 Å². The molecule has 0 radical (unpaired) electrons. The van der Waals surface area contributed by atoms with Gasteiger partial charge in [-0.25, -0.2) is 5.53 Å². The van der Waals surface area contributed by atoms with E-state index in [-0.39, 0.29) is 31.2 Å². The van der Waals surface area contributed by atoms with Crippen molar-refractivity contribution in [2.45, 2.75) is 58.2 Å². The minimum atomic E-state index is -1.04. The van der Waals surface area contributed by atoms with Gasteiger partial charge in [-0.1, -0.05) is 26.0 Å². The fraction of sp³-hybridized carbons (Fsp3) is 0.550. The molecule has 1 rings (SSSR count). The lowest BCUT2D eigenvalue weighted by molar-refractivity contribution is -0.130. The fourth-order valence-corrected chi connectivity index (χ4v) is 2.91. The maximum atomic E-state index is 12.9. The van der Waals surface area contributed by atoms with Crippen LogP contribution in [0, 0.1) is 11.4 Å². The summed E-state index contributed by atoms with van der Waals surface area (Å²) < 4.78 is 12.9. The molecule has 0 aliphatic carbocycles. The Morgan fingerprint density at radius 2 is 1.93 bits per heavy atom. The zero-order chi connectivity index (χ0) is 22.5. The second-order valence-corrected chi connectivity index (χ2v) is 7.52. The van der Waals surface area contributed by atoms with Crippen LogP contribution in [0.1, 0.15) is 55.5 Å². The van der Waals surface area contributed by atoms with Crippen LogP contribution >= 0.6 is 0 Å². The molecule has 0 aromatic heterocycles. The molecular formula is C20H31FN6O3. The molecule has 10 heteroatoms. The van der Waals surface area contributed by atoms with Gasteiger partial charge in [0, 0.05) is 12.1 Å². The number of hydrogen-bond donors (Lipinski definition) is 5. The van der Waals surface area contributed by atoms with Crippen LogP contribution in [0.15, 0.2) is 29.4 Å². The van der Waals surface area contributed by atoms with Gasteiger partial charge in [0.05, 0.1) is 6.54 Å². The monoisotopic (exact) mass is 422 g/mol. The Bertz CT molecular complexity index is 728. The first-order valence-corrected chi connectivity index (χ1v) is 9.94. The first-order valence-electron chi connectivity index (χ1n) is 9.94. The maximum Gasteiger partial charge on any atom is 0.251 e. The van der Waals surface area contributed by atoms with Crippen molar-refractivity contribution in [1.82, 2.24) is 16.2 Å². The van der Waals surface area contributed by atoms with E-state index in [4.69, 9.17) is 11.3 Å². The van der Waals surface area contributed by atoms with Gasteiger partial charge in [-0.2, -0.15) is 5.11 Å². The van der Waals surface area contributed by atoms with Crippen LogP contribution in [0.5, 0.6) is 0 Å². The SMILES string of the molecule is CC(C)C[C@H](NF)C(=O)N[C@@H](CCCCNC(=O)c1cccc(CN=N)c1)C(N)=O. The molecule has 0 saturated heterocycles. The summed E-state index contributed by atoms with van der Waals surface area (Å²) >= 11 is 0. The molecule has 30 heavy (non-hydrogen) atoms. The predicted octanol–water partition coefficient (Wildman–Crippen LogP) is 1.98. The third-order valence-electron chi connectivity index (χ3n) is 4.47. The Morgan fingerprint density at radius 1 is 1.20 bits per heavy atom. The van der Waals surface area contributed by atoms with E-state index in [0.717, 1.165) is 5.56 Å². The van der Waals surface area contributed by atoms with E-state index < -0.39 is 23.9 Å². The standard InChI is InChI=1S/C20H31FN6O3/c1-13(2)10-17(27-21)20(30)26-16(18(22)28)8-3-4-9-24-19(29)15-7-5-6-14(11-15)12-25-23/h5-7,11,13,16-17,23,27H,3-4,8-10,12H2,1-2H3,(H2,22,28)(H,24,29)(H,26,30)/t16-,17-/m0/s1. The highest BCUT2D eigenvalue weighted by Crippen LogP contribution is 2.08. The lowest BCUT2D eigenvalue weighted by Gasteiger charge is -2.20. The van der Waals surface area contributed by atoms with Gasteiger partial charge in [-0.05, 0) is 49.3 Å². The van der Waals surface area contributed by atoms with Gasteiger partial charge in [-0.3, -0.25) is 14.4 Å². The van der Waals surface area contributed by atoms with Crippen LogP contribution in [0.2, 0.25) is 0 Å². The van der Waals surface area contributed by atoms with Gasteiger partial charge < -0.3 is 16.4 Å². The highest BCUT2D eigenvalue weighted by molar-refractivity contribution is 5.94. The Morgan fingerprint density at radius 3 is 2.53 bits per heavy atom. The fourth-order valence-electron chi connectivity index (χ4n) is 2.91. The quantitative estimate of drug-likeness (QED) is 0.177. The van der Waals surface area contributed by atoms with E-state index in [1.54, 1.807) is 24.3 Å². The number of primary amides is 1. The largest absolute Gasteiger partial charge is 0.368 e. The number of rotatable bonds is 14. The Hall–Kier alpha value is -2.88. The molecule has 0 bridgehead atoms. The van der Waals surface area contributed by atoms with Gasteiger partial charge in [0.1, 0.15) is 12.1 Å². The molecule has 1 aromatic rings. The number of hydrogen-bond acceptors (Lipinski definition) is 6. The van der Waals surface area contributed by atoms with Crippen molar-refractivity contribution in [3.63, 3.8) is 0 Å². The van der Waals surface area contributed by atoms with E-state index in [1.807, 2.05) is 13.8 Å². The van der Waals surface area contributed by atoms with Crippen LogP contribution in [-0.2, 0) is 16.1 Å². The van der Waals surface area contributed by atoms with E-state index >= 15 is 0 Å². The van der Waals surface area contributed by atoms with E-state index in [2.05, 4.69) is 15.7 Å². The molecule has 1 aromatic carbocycles. The molecule has 0 spiro atoms. The summed E-state index contributed by atoms with van der Waals surface area (Å²) in [5.74, 6) is -1.44. The third-order valence-corrected chi connectivity index (χ3v) is 4.47. The summed E-state index contributed by atoms with van der Waals surface area (Å²) in [5, 5.41) is 8.57. The summed E-state index contributed by atoms with van der Waals surface area (Å²) in [6, 6.07) is 4.93. The molecular weight excluding hydrogens is 391 g/mol. The van der Waals surface area contributed by atoms with Gasteiger partial charge in [0.2, 0.25) is 11.8 Å². The van der Waals surface area contributed by atoms with Gasteiger partial charge >= 0.3 is 0 Å². The summed E-state index contributed by atoms with van der Waals surface area (Å²) in [6.07, 6.45) is 1.68. The number of nitrogens with two attached hydrogens (primary N) is 1. The van der Waals surface area contributed by atoms with Crippen molar-refractivity contribution >= 4 is 17.7 Å². The number of unbranched alkanes of at least 4 members (excludes halogenated alkanes) is 1. The average Bonchev–Trinajstić information content (AvgIpc) is 2.70. The lowest BCUT2D eigenvalue weighted by Crippen LogP contribution is -2.50. The normalized spacial score (nSPS) is 12.8. The topological polar surface area (TPSA) is 150 Å². The number of amides is 3. The molecule has 6 N–H and O–H groups in total. The van der Waals surface area contributed by atoms with Crippen LogP contribution < -0.4 is 21.9 Å². The van der Waals surface area contributed by atoms with Crippen molar-refractivity contribution in [1.29, 1.82) is 5.53 Å². The first-order chi connectivity index (χ1) is 14.3. The van der Waals surface area contributed by atoms with Crippen molar-refractivity contribution in [2.24, 2.45) is 16.8 Å². The van der Waals surface area contributed by atoms with Crippen LogP contribution in [0.3, 0.4) is 0 Å². The molecule has 0 aliphatic heterocycles. The van der Waals surface area contributed by atoms with E-state index in [9.17, 15) is 18.9 Å². The number of halogens is 1. The van der Waals surface area contributed by atoms with Gasteiger partial charge in [0.15, 0.2) is 0 Å². The minimum absolute atomic E-state index is 0.0988. The smallest absolute Gasteiger partial charge is 0.251 e. The number of carbonyl (C=O) groups excluding carboxylic acids is 3. The lowest BCUT2D eigenvalue weighted by atomic mass is 10.0. The van der Waals surface area contributed by atoms with E-state index in [1.165, 1.54) is 5.54 Å². The molecule has 9 nitrogen and oxygen atoms in total. The Kier molecular flexibility index (Phi) is 11.2.